The van der Waals surface area contributed by atoms with Gasteiger partial charge in [-0.3, -0.25) is 9.59 Å². The average Bonchev–Trinajstić information content (AvgIpc) is 2.69. The minimum absolute atomic E-state index is 0.286. The molecule has 0 bridgehead atoms. The maximum absolute atomic E-state index is 13.0. The Morgan fingerprint density at radius 2 is 1.56 bits per heavy atom. The van der Waals surface area contributed by atoms with Gasteiger partial charge >= 0.3 is 5.97 Å². The third-order valence-corrected chi connectivity index (χ3v) is 4.90. The van der Waals surface area contributed by atoms with Gasteiger partial charge in [0.15, 0.2) is 11.5 Å². The number of hydrogen-bond donors (Lipinski definition) is 1. The maximum Gasteiger partial charge on any atom is 0.313 e. The standard InChI is InChI=1S/C20H21NO6/c1-21-18(11-7-5-6-8-14(11)25-2)17(20(23)24)12-9-15(26-3)16(27-4)10-13(12)19(21)22/h5-10,17-18H,1-4H3,(H,23,24)/t17-,18+/m1/s1. The summed E-state index contributed by atoms with van der Waals surface area (Å²) >= 11 is 0. The summed E-state index contributed by atoms with van der Waals surface area (Å²) in [7, 11) is 6.04. The quantitative estimate of drug-likeness (QED) is 0.870. The molecule has 1 N–H and O–H groups in total. The van der Waals surface area contributed by atoms with Crippen LogP contribution in [0.5, 0.6) is 17.2 Å². The number of carbonyl (C=O) groups is 2. The van der Waals surface area contributed by atoms with Crippen molar-refractivity contribution in [3.63, 3.8) is 0 Å². The summed E-state index contributed by atoms with van der Waals surface area (Å²) in [6.45, 7) is 0. The van der Waals surface area contributed by atoms with Crippen LogP contribution in [0.4, 0.5) is 0 Å². The van der Waals surface area contributed by atoms with Gasteiger partial charge in [0.2, 0.25) is 0 Å². The first-order valence-electron chi connectivity index (χ1n) is 8.33. The molecule has 1 amide bonds. The summed E-state index contributed by atoms with van der Waals surface area (Å²) in [5, 5.41) is 10.0. The van der Waals surface area contributed by atoms with Gasteiger partial charge in [-0.05, 0) is 23.8 Å². The van der Waals surface area contributed by atoms with Crippen molar-refractivity contribution in [2.24, 2.45) is 0 Å². The lowest BCUT2D eigenvalue weighted by atomic mass is 9.79. The van der Waals surface area contributed by atoms with Crippen molar-refractivity contribution in [2.45, 2.75) is 12.0 Å². The Balaban J connectivity index is 2.27. The minimum Gasteiger partial charge on any atom is -0.496 e. The third-order valence-electron chi connectivity index (χ3n) is 4.90. The van der Waals surface area contributed by atoms with Crippen LogP contribution < -0.4 is 14.2 Å². The Hall–Kier alpha value is -3.22. The summed E-state index contributed by atoms with van der Waals surface area (Å²) in [4.78, 5) is 26.7. The van der Waals surface area contributed by atoms with Gasteiger partial charge in [-0.1, -0.05) is 18.2 Å². The van der Waals surface area contributed by atoms with Crippen LogP contribution >= 0.6 is 0 Å². The highest BCUT2D eigenvalue weighted by Gasteiger charge is 2.44. The summed E-state index contributed by atoms with van der Waals surface area (Å²) < 4.78 is 16.0. The average molecular weight is 371 g/mol. The Bertz CT molecular complexity index is 894. The van der Waals surface area contributed by atoms with Crippen molar-refractivity contribution in [1.29, 1.82) is 0 Å². The largest absolute Gasteiger partial charge is 0.496 e. The van der Waals surface area contributed by atoms with Crippen LogP contribution in [-0.2, 0) is 4.79 Å². The lowest BCUT2D eigenvalue weighted by Crippen LogP contribution is -2.42. The molecule has 0 aliphatic carbocycles. The van der Waals surface area contributed by atoms with Crippen molar-refractivity contribution in [3.8, 4) is 17.2 Å². The molecular weight excluding hydrogens is 350 g/mol. The first-order chi connectivity index (χ1) is 12.9. The number of methoxy groups -OCH3 is 3. The summed E-state index contributed by atoms with van der Waals surface area (Å²) in [5.74, 6) is -1.05. The lowest BCUT2D eigenvalue weighted by molar-refractivity contribution is -0.140. The fourth-order valence-electron chi connectivity index (χ4n) is 3.61. The van der Waals surface area contributed by atoms with Gasteiger partial charge < -0.3 is 24.2 Å². The van der Waals surface area contributed by atoms with E-state index in [1.165, 1.54) is 32.3 Å². The molecule has 1 aliphatic heterocycles. The SMILES string of the molecule is COc1cc2c(cc1OC)[C@@H](C(=O)O)[C@H](c1ccccc1OC)N(C)C2=O. The fourth-order valence-corrected chi connectivity index (χ4v) is 3.61. The smallest absolute Gasteiger partial charge is 0.313 e. The number of likely N-dealkylation sites (N-methyl/N-ethyl adjacent to an activating group) is 1. The van der Waals surface area contributed by atoms with Crippen LogP contribution in [-0.4, -0.2) is 50.3 Å². The van der Waals surface area contributed by atoms with E-state index >= 15 is 0 Å². The number of fused-ring (bicyclic) bond motifs is 1. The molecule has 0 fully saturated rings. The highest BCUT2D eigenvalue weighted by Crippen LogP contribution is 2.47. The van der Waals surface area contributed by atoms with E-state index in [0.29, 0.717) is 28.4 Å². The third kappa shape index (κ3) is 2.95. The molecule has 0 saturated heterocycles. The normalized spacial score (nSPS) is 18.7. The van der Waals surface area contributed by atoms with Gasteiger partial charge in [-0.15, -0.1) is 0 Å². The number of carbonyl (C=O) groups excluding carboxylic acids is 1. The molecule has 2 aromatic rings. The van der Waals surface area contributed by atoms with Crippen LogP contribution in [0.2, 0.25) is 0 Å². The summed E-state index contributed by atoms with van der Waals surface area (Å²) in [6, 6.07) is 9.48. The van der Waals surface area contributed by atoms with Crippen molar-refractivity contribution in [1.82, 2.24) is 4.90 Å². The van der Waals surface area contributed by atoms with Crippen LogP contribution in [0.3, 0.4) is 0 Å². The van der Waals surface area contributed by atoms with Crippen LogP contribution in [0, 0.1) is 0 Å². The Morgan fingerprint density at radius 1 is 0.963 bits per heavy atom. The minimum atomic E-state index is -1.04. The van der Waals surface area contributed by atoms with Crippen molar-refractivity contribution in [2.75, 3.05) is 28.4 Å². The van der Waals surface area contributed by atoms with Gasteiger partial charge in [-0.25, -0.2) is 0 Å². The summed E-state index contributed by atoms with van der Waals surface area (Å²) in [5.41, 5.74) is 1.30. The van der Waals surface area contributed by atoms with Gasteiger partial charge in [0.1, 0.15) is 11.7 Å². The first-order valence-corrected chi connectivity index (χ1v) is 8.33. The maximum atomic E-state index is 13.0. The monoisotopic (exact) mass is 371 g/mol. The fraction of sp³-hybridized carbons (Fsp3) is 0.300. The second-order valence-corrected chi connectivity index (χ2v) is 6.21. The van der Waals surface area contributed by atoms with Crippen LogP contribution in [0.1, 0.15) is 33.4 Å². The number of carboxylic acids is 1. The molecule has 0 aromatic heterocycles. The molecule has 7 nitrogen and oxygen atoms in total. The first kappa shape index (κ1) is 18.6. The molecule has 1 heterocycles. The molecule has 2 aromatic carbocycles. The molecule has 3 rings (SSSR count). The molecule has 0 radical (unpaired) electrons. The van der Waals surface area contributed by atoms with Gasteiger partial charge in [0.25, 0.3) is 5.91 Å². The number of rotatable bonds is 5. The Kier molecular flexibility index (Phi) is 4.94. The number of ether oxygens (including phenoxy) is 3. The number of amides is 1. The van der Waals surface area contributed by atoms with Crippen molar-refractivity contribution < 1.29 is 28.9 Å². The van der Waals surface area contributed by atoms with E-state index < -0.39 is 17.9 Å². The van der Waals surface area contributed by atoms with Crippen molar-refractivity contribution in [3.05, 3.63) is 53.1 Å². The molecule has 27 heavy (non-hydrogen) atoms. The van der Waals surface area contributed by atoms with E-state index in [1.54, 1.807) is 37.4 Å². The highest BCUT2D eigenvalue weighted by atomic mass is 16.5. The number of aliphatic carboxylic acids is 1. The van der Waals surface area contributed by atoms with E-state index in [4.69, 9.17) is 14.2 Å². The molecule has 2 atom stereocenters. The lowest BCUT2D eigenvalue weighted by Gasteiger charge is -2.39. The predicted molar refractivity (Wildman–Crippen MR) is 97.8 cm³/mol. The summed E-state index contributed by atoms with van der Waals surface area (Å²) in [6.07, 6.45) is 0. The molecule has 0 unspecified atom stereocenters. The zero-order valence-electron chi connectivity index (χ0n) is 15.6. The van der Waals surface area contributed by atoms with Crippen LogP contribution in [0.25, 0.3) is 0 Å². The molecule has 1 aliphatic rings. The van der Waals surface area contributed by atoms with E-state index in [-0.39, 0.29) is 11.5 Å². The molecular formula is C20H21NO6. The zero-order chi connectivity index (χ0) is 19.7. The van der Waals surface area contributed by atoms with Gasteiger partial charge in [0, 0.05) is 18.2 Å². The second kappa shape index (κ2) is 7.19. The Morgan fingerprint density at radius 3 is 2.15 bits per heavy atom. The zero-order valence-corrected chi connectivity index (χ0v) is 15.6. The molecule has 0 spiro atoms. The van der Waals surface area contributed by atoms with E-state index in [1.807, 2.05) is 0 Å². The molecule has 7 heteroatoms. The van der Waals surface area contributed by atoms with E-state index in [0.717, 1.165) is 0 Å². The van der Waals surface area contributed by atoms with Crippen molar-refractivity contribution >= 4 is 11.9 Å². The number of benzene rings is 2. The number of para-hydroxylation sites is 1. The molecule has 142 valence electrons. The predicted octanol–water partition coefficient (Wildman–Crippen LogP) is 2.71. The van der Waals surface area contributed by atoms with E-state index in [9.17, 15) is 14.7 Å². The molecule has 0 saturated carbocycles. The second-order valence-electron chi connectivity index (χ2n) is 6.21. The number of carboxylic acid groups (broad SMARTS) is 1. The highest BCUT2D eigenvalue weighted by molar-refractivity contribution is 6.01. The number of nitrogens with zero attached hydrogens (tertiary/aromatic N) is 1. The van der Waals surface area contributed by atoms with Gasteiger partial charge in [-0.2, -0.15) is 0 Å². The van der Waals surface area contributed by atoms with Gasteiger partial charge in [0.05, 0.1) is 27.4 Å². The van der Waals surface area contributed by atoms with E-state index in [2.05, 4.69) is 0 Å². The van der Waals surface area contributed by atoms with Crippen LogP contribution in [0.15, 0.2) is 36.4 Å². The Labute approximate surface area is 157 Å². The topological polar surface area (TPSA) is 85.3 Å². The number of hydrogen-bond acceptors (Lipinski definition) is 5.